The first-order valence-corrected chi connectivity index (χ1v) is 6.37. The summed E-state index contributed by atoms with van der Waals surface area (Å²) in [5.74, 6) is -0.406. The Morgan fingerprint density at radius 3 is 2.75 bits per heavy atom. The number of hydrogen-bond acceptors (Lipinski definition) is 3. The fraction of sp³-hybridized carbons (Fsp3) is 0. The van der Waals surface area contributed by atoms with E-state index in [0.717, 1.165) is 10.9 Å². The highest BCUT2D eigenvalue weighted by atomic mass is 35.5. The zero-order chi connectivity index (χ0) is 14.1. The van der Waals surface area contributed by atoms with E-state index >= 15 is 0 Å². The Morgan fingerprint density at radius 1 is 1.15 bits per heavy atom. The van der Waals surface area contributed by atoms with Gasteiger partial charge in [-0.25, -0.2) is 4.39 Å². The highest BCUT2D eigenvalue weighted by molar-refractivity contribution is 6.30. The fourth-order valence-corrected chi connectivity index (χ4v) is 2.29. The Hall–Kier alpha value is -2.33. The van der Waals surface area contributed by atoms with Crippen molar-refractivity contribution in [3.8, 4) is 0 Å². The van der Waals surface area contributed by atoms with Crippen molar-refractivity contribution in [1.82, 2.24) is 4.98 Å². The molecule has 0 aliphatic carbocycles. The molecule has 5 heteroatoms. The lowest BCUT2D eigenvalue weighted by molar-refractivity contribution is 0.628. The number of nitrogen functional groups attached to an aromatic ring is 1. The van der Waals surface area contributed by atoms with E-state index in [4.69, 9.17) is 17.3 Å². The third kappa shape index (κ3) is 2.38. The SMILES string of the molecule is Nc1cnc2ccccc2c1Nc1cc(F)cc(Cl)c1. The van der Waals surface area contributed by atoms with Gasteiger partial charge in [0.1, 0.15) is 5.82 Å². The molecule has 0 bridgehead atoms. The van der Waals surface area contributed by atoms with Gasteiger partial charge in [0.2, 0.25) is 0 Å². The number of fused-ring (bicyclic) bond motifs is 1. The van der Waals surface area contributed by atoms with Crippen molar-refractivity contribution in [3.63, 3.8) is 0 Å². The molecule has 0 aliphatic rings. The second-order valence-corrected chi connectivity index (χ2v) is 4.83. The van der Waals surface area contributed by atoms with E-state index in [1.807, 2.05) is 24.3 Å². The molecule has 20 heavy (non-hydrogen) atoms. The van der Waals surface area contributed by atoms with Crippen molar-refractivity contribution in [2.75, 3.05) is 11.1 Å². The van der Waals surface area contributed by atoms with Gasteiger partial charge in [0, 0.05) is 16.1 Å². The number of benzene rings is 2. The Bertz CT molecular complexity index is 769. The number of rotatable bonds is 2. The van der Waals surface area contributed by atoms with Gasteiger partial charge in [-0.1, -0.05) is 29.8 Å². The van der Waals surface area contributed by atoms with Crippen molar-refractivity contribution in [1.29, 1.82) is 0 Å². The number of nitrogens with one attached hydrogen (secondary N) is 1. The molecule has 0 saturated carbocycles. The van der Waals surface area contributed by atoms with Gasteiger partial charge in [-0.3, -0.25) is 4.98 Å². The van der Waals surface area contributed by atoms with Gasteiger partial charge in [-0.2, -0.15) is 0 Å². The van der Waals surface area contributed by atoms with E-state index in [0.29, 0.717) is 22.1 Å². The molecular weight excluding hydrogens is 277 g/mol. The Kier molecular flexibility index (Phi) is 3.16. The first-order valence-electron chi connectivity index (χ1n) is 6.00. The van der Waals surface area contributed by atoms with Crippen LogP contribution in [-0.4, -0.2) is 4.98 Å². The van der Waals surface area contributed by atoms with E-state index in [2.05, 4.69) is 10.3 Å². The van der Waals surface area contributed by atoms with Crippen LogP contribution < -0.4 is 11.1 Å². The van der Waals surface area contributed by atoms with Crippen LogP contribution in [0.2, 0.25) is 5.02 Å². The average Bonchev–Trinajstić information content (AvgIpc) is 2.41. The van der Waals surface area contributed by atoms with E-state index < -0.39 is 5.82 Å². The van der Waals surface area contributed by atoms with E-state index in [-0.39, 0.29) is 0 Å². The van der Waals surface area contributed by atoms with Gasteiger partial charge in [-0.05, 0) is 24.3 Å². The molecule has 0 unspecified atom stereocenters. The van der Waals surface area contributed by atoms with Crippen LogP contribution in [0.15, 0.2) is 48.7 Å². The molecule has 0 saturated heterocycles. The highest BCUT2D eigenvalue weighted by Crippen LogP contribution is 2.31. The van der Waals surface area contributed by atoms with Crippen molar-refractivity contribution in [2.24, 2.45) is 0 Å². The summed E-state index contributed by atoms with van der Waals surface area (Å²) in [6, 6.07) is 11.8. The van der Waals surface area contributed by atoms with Crippen LogP contribution in [0.3, 0.4) is 0 Å². The van der Waals surface area contributed by atoms with Gasteiger partial charge in [0.15, 0.2) is 0 Å². The van der Waals surface area contributed by atoms with Crippen LogP contribution >= 0.6 is 11.6 Å². The highest BCUT2D eigenvalue weighted by Gasteiger charge is 2.08. The lowest BCUT2D eigenvalue weighted by Crippen LogP contribution is -1.99. The van der Waals surface area contributed by atoms with Gasteiger partial charge in [0.05, 0.1) is 23.1 Å². The zero-order valence-corrected chi connectivity index (χ0v) is 11.2. The maximum Gasteiger partial charge on any atom is 0.126 e. The van der Waals surface area contributed by atoms with Crippen LogP contribution in [0.5, 0.6) is 0 Å². The number of pyridine rings is 1. The third-order valence-corrected chi connectivity index (χ3v) is 3.15. The zero-order valence-electron chi connectivity index (χ0n) is 10.4. The number of aromatic nitrogens is 1. The minimum Gasteiger partial charge on any atom is -0.396 e. The van der Waals surface area contributed by atoms with Crippen molar-refractivity contribution in [3.05, 3.63) is 59.5 Å². The summed E-state index contributed by atoms with van der Waals surface area (Å²) in [6.45, 7) is 0. The molecule has 0 fully saturated rings. The molecule has 3 rings (SSSR count). The molecule has 0 amide bonds. The molecule has 3 N–H and O–H groups in total. The molecule has 3 aromatic rings. The summed E-state index contributed by atoms with van der Waals surface area (Å²) in [5, 5.41) is 4.30. The normalized spacial score (nSPS) is 10.7. The van der Waals surface area contributed by atoms with Crippen LogP contribution in [0, 0.1) is 5.82 Å². The number of halogens is 2. The Balaban J connectivity index is 2.12. The summed E-state index contributed by atoms with van der Waals surface area (Å²) in [5.41, 5.74) is 8.49. The first-order chi connectivity index (χ1) is 9.63. The second-order valence-electron chi connectivity index (χ2n) is 4.39. The molecule has 3 nitrogen and oxygen atoms in total. The van der Waals surface area contributed by atoms with Crippen LogP contribution in [0.4, 0.5) is 21.5 Å². The van der Waals surface area contributed by atoms with Crippen LogP contribution in [-0.2, 0) is 0 Å². The monoisotopic (exact) mass is 287 g/mol. The molecule has 100 valence electrons. The summed E-state index contributed by atoms with van der Waals surface area (Å²) in [4.78, 5) is 4.25. The molecule has 1 heterocycles. The first kappa shape index (κ1) is 12.7. The van der Waals surface area contributed by atoms with Gasteiger partial charge >= 0.3 is 0 Å². The predicted octanol–water partition coefficient (Wildman–Crippen LogP) is 4.35. The lowest BCUT2D eigenvalue weighted by Gasteiger charge is -2.12. The maximum atomic E-state index is 13.4. The van der Waals surface area contributed by atoms with Gasteiger partial charge in [-0.15, -0.1) is 0 Å². The van der Waals surface area contributed by atoms with E-state index in [1.54, 1.807) is 12.3 Å². The van der Waals surface area contributed by atoms with Crippen LogP contribution in [0.1, 0.15) is 0 Å². The minimum atomic E-state index is -0.406. The average molecular weight is 288 g/mol. The molecule has 0 radical (unpaired) electrons. The molecule has 0 atom stereocenters. The topological polar surface area (TPSA) is 50.9 Å². The Labute approximate surface area is 120 Å². The smallest absolute Gasteiger partial charge is 0.126 e. The summed E-state index contributed by atoms with van der Waals surface area (Å²) in [7, 11) is 0. The number of para-hydroxylation sites is 1. The van der Waals surface area contributed by atoms with E-state index in [9.17, 15) is 4.39 Å². The third-order valence-electron chi connectivity index (χ3n) is 2.94. The lowest BCUT2D eigenvalue weighted by atomic mass is 10.1. The number of anilines is 3. The molecule has 1 aromatic heterocycles. The van der Waals surface area contributed by atoms with Crippen molar-refractivity contribution < 1.29 is 4.39 Å². The fourth-order valence-electron chi connectivity index (χ4n) is 2.07. The molecule has 2 aromatic carbocycles. The van der Waals surface area contributed by atoms with Crippen LogP contribution in [0.25, 0.3) is 10.9 Å². The number of nitrogens with two attached hydrogens (primary N) is 1. The standard InChI is InChI=1S/C15H11ClFN3/c16-9-5-10(17)7-11(6-9)20-15-12-3-1-2-4-14(12)19-8-13(15)18/h1-8H,18H2,(H,19,20). The molecule has 0 aliphatic heterocycles. The Morgan fingerprint density at radius 2 is 1.95 bits per heavy atom. The molecule has 0 spiro atoms. The molecular formula is C15H11ClFN3. The van der Waals surface area contributed by atoms with Crippen molar-refractivity contribution in [2.45, 2.75) is 0 Å². The quantitative estimate of drug-likeness (QED) is 0.736. The van der Waals surface area contributed by atoms with Gasteiger partial charge in [0.25, 0.3) is 0 Å². The second kappa shape index (κ2) is 4.98. The number of nitrogens with zero attached hydrogens (tertiary/aromatic N) is 1. The minimum absolute atomic E-state index is 0.324. The summed E-state index contributed by atoms with van der Waals surface area (Å²) >= 11 is 5.85. The van der Waals surface area contributed by atoms with E-state index in [1.165, 1.54) is 12.1 Å². The van der Waals surface area contributed by atoms with Crippen molar-refractivity contribution >= 4 is 39.6 Å². The predicted molar refractivity (Wildman–Crippen MR) is 80.8 cm³/mol. The largest absolute Gasteiger partial charge is 0.396 e. The van der Waals surface area contributed by atoms with Gasteiger partial charge < -0.3 is 11.1 Å². The maximum absolute atomic E-state index is 13.4. The number of hydrogen-bond donors (Lipinski definition) is 2. The summed E-state index contributed by atoms with van der Waals surface area (Å²) in [6.07, 6.45) is 1.57. The summed E-state index contributed by atoms with van der Waals surface area (Å²) < 4.78 is 13.4.